The van der Waals surface area contributed by atoms with Gasteiger partial charge in [0, 0.05) is 36.9 Å². The molecular formula is C17H20N4O2. The lowest BCUT2D eigenvalue weighted by molar-refractivity contribution is -0.144. The van der Waals surface area contributed by atoms with Gasteiger partial charge in [-0.15, -0.1) is 0 Å². The van der Waals surface area contributed by atoms with Crippen molar-refractivity contribution in [2.75, 3.05) is 6.61 Å². The van der Waals surface area contributed by atoms with Gasteiger partial charge < -0.3 is 9.64 Å². The van der Waals surface area contributed by atoms with Crippen molar-refractivity contribution in [1.82, 2.24) is 19.5 Å². The Balaban J connectivity index is 1.57. The van der Waals surface area contributed by atoms with Crippen LogP contribution in [0.15, 0.2) is 12.3 Å². The van der Waals surface area contributed by atoms with Crippen LogP contribution in [0.1, 0.15) is 48.7 Å². The third-order valence-corrected chi connectivity index (χ3v) is 5.49. The minimum atomic E-state index is -0.233. The molecule has 0 unspecified atom stereocenters. The number of ether oxygens (including phenoxy) is 1. The van der Waals surface area contributed by atoms with Gasteiger partial charge in [0.15, 0.2) is 5.65 Å². The fourth-order valence-electron chi connectivity index (χ4n) is 4.48. The highest BCUT2D eigenvalue weighted by Gasteiger charge is 2.46. The van der Waals surface area contributed by atoms with Crippen LogP contribution in [0.3, 0.4) is 0 Å². The third kappa shape index (κ3) is 1.87. The molecule has 120 valence electrons. The molecule has 2 aromatic heterocycles. The van der Waals surface area contributed by atoms with Crippen molar-refractivity contribution in [3.63, 3.8) is 0 Å². The van der Waals surface area contributed by atoms with Gasteiger partial charge in [-0.1, -0.05) is 0 Å². The monoisotopic (exact) mass is 312 g/mol. The Hall–Kier alpha value is -1.95. The highest BCUT2D eigenvalue weighted by Crippen LogP contribution is 2.44. The summed E-state index contributed by atoms with van der Waals surface area (Å²) in [4.78, 5) is 19.5. The molecule has 3 atom stereocenters. The molecule has 3 aliphatic rings. The Morgan fingerprint density at radius 2 is 2.26 bits per heavy atom. The molecule has 5 rings (SSSR count). The van der Waals surface area contributed by atoms with E-state index in [4.69, 9.17) is 4.74 Å². The van der Waals surface area contributed by atoms with E-state index in [9.17, 15) is 4.79 Å². The minimum absolute atomic E-state index is 0.141. The SMILES string of the molecule is Cc1cc2ncc3c(n2n1)C[C@@H]1CC[C@H]3N1C(=O)[C@@H]1CCCO1. The lowest BCUT2D eigenvalue weighted by Crippen LogP contribution is -2.47. The number of aromatic nitrogens is 3. The second kappa shape index (κ2) is 4.77. The highest BCUT2D eigenvalue weighted by molar-refractivity contribution is 5.82. The summed E-state index contributed by atoms with van der Waals surface area (Å²) in [6.45, 7) is 2.71. The predicted octanol–water partition coefficient (Wildman–Crippen LogP) is 1.80. The first-order valence-electron chi connectivity index (χ1n) is 8.50. The normalized spacial score (nSPS) is 29.3. The van der Waals surface area contributed by atoms with Crippen molar-refractivity contribution < 1.29 is 9.53 Å². The van der Waals surface area contributed by atoms with Crippen LogP contribution >= 0.6 is 0 Å². The molecule has 5 heterocycles. The Labute approximate surface area is 134 Å². The fraction of sp³-hybridized carbons (Fsp3) is 0.588. The van der Waals surface area contributed by atoms with Crippen LogP contribution < -0.4 is 0 Å². The zero-order chi connectivity index (χ0) is 15.6. The summed E-state index contributed by atoms with van der Waals surface area (Å²) in [5.74, 6) is 0.178. The number of hydrogen-bond acceptors (Lipinski definition) is 4. The summed E-state index contributed by atoms with van der Waals surface area (Å²) in [5.41, 5.74) is 4.28. The van der Waals surface area contributed by atoms with Crippen molar-refractivity contribution >= 4 is 11.6 Å². The van der Waals surface area contributed by atoms with E-state index in [0.717, 1.165) is 43.4 Å². The quantitative estimate of drug-likeness (QED) is 0.806. The van der Waals surface area contributed by atoms with Gasteiger partial charge >= 0.3 is 0 Å². The van der Waals surface area contributed by atoms with Crippen molar-refractivity contribution in [1.29, 1.82) is 0 Å². The summed E-state index contributed by atoms with van der Waals surface area (Å²) < 4.78 is 7.61. The first kappa shape index (κ1) is 13.5. The fourth-order valence-corrected chi connectivity index (χ4v) is 4.48. The smallest absolute Gasteiger partial charge is 0.252 e. The number of carbonyl (C=O) groups is 1. The lowest BCUT2D eigenvalue weighted by atomic mass is 9.98. The number of carbonyl (C=O) groups excluding carboxylic acids is 1. The van der Waals surface area contributed by atoms with Gasteiger partial charge in [0.2, 0.25) is 0 Å². The maximum absolute atomic E-state index is 12.9. The van der Waals surface area contributed by atoms with E-state index in [1.165, 1.54) is 11.3 Å². The van der Waals surface area contributed by atoms with Crippen molar-refractivity contribution in [2.45, 2.75) is 57.2 Å². The molecule has 0 saturated carbocycles. The summed E-state index contributed by atoms with van der Waals surface area (Å²) in [6, 6.07) is 2.42. The van der Waals surface area contributed by atoms with Gasteiger partial charge in [-0.2, -0.15) is 5.10 Å². The second-order valence-corrected chi connectivity index (χ2v) is 6.91. The van der Waals surface area contributed by atoms with Crippen molar-refractivity contribution in [3.05, 3.63) is 29.2 Å². The van der Waals surface area contributed by atoms with E-state index in [-0.39, 0.29) is 24.1 Å². The van der Waals surface area contributed by atoms with E-state index in [2.05, 4.69) is 15.0 Å². The molecule has 0 spiro atoms. The summed E-state index contributed by atoms with van der Waals surface area (Å²) >= 11 is 0. The largest absolute Gasteiger partial charge is 0.368 e. The zero-order valence-corrected chi connectivity index (χ0v) is 13.2. The average molecular weight is 312 g/mol. The molecule has 2 fully saturated rings. The Kier molecular flexibility index (Phi) is 2.80. The van der Waals surface area contributed by atoms with Crippen LogP contribution in [-0.4, -0.2) is 44.2 Å². The van der Waals surface area contributed by atoms with E-state index >= 15 is 0 Å². The molecule has 0 N–H and O–H groups in total. The Morgan fingerprint density at radius 1 is 1.35 bits per heavy atom. The van der Waals surface area contributed by atoms with Gasteiger partial charge in [-0.3, -0.25) is 4.79 Å². The van der Waals surface area contributed by atoms with E-state index < -0.39 is 0 Å². The highest BCUT2D eigenvalue weighted by atomic mass is 16.5. The summed E-state index contributed by atoms with van der Waals surface area (Å²) in [5, 5.41) is 4.60. The van der Waals surface area contributed by atoms with E-state index in [1.54, 1.807) is 0 Å². The molecule has 6 nitrogen and oxygen atoms in total. The molecule has 6 heteroatoms. The predicted molar refractivity (Wildman–Crippen MR) is 83.0 cm³/mol. The van der Waals surface area contributed by atoms with Crippen molar-refractivity contribution in [2.24, 2.45) is 0 Å². The first-order chi connectivity index (χ1) is 11.2. The van der Waals surface area contributed by atoms with E-state index in [1.807, 2.05) is 23.7 Å². The molecule has 0 radical (unpaired) electrons. The van der Waals surface area contributed by atoms with Gasteiger partial charge in [0.25, 0.3) is 5.91 Å². The van der Waals surface area contributed by atoms with Crippen LogP contribution in [0.5, 0.6) is 0 Å². The van der Waals surface area contributed by atoms with Crippen LogP contribution in [0.2, 0.25) is 0 Å². The zero-order valence-electron chi connectivity index (χ0n) is 13.2. The topological polar surface area (TPSA) is 59.7 Å². The standard InChI is InChI=1S/C17H20N4O2/c1-10-7-16-18-9-12-13-5-4-11(8-14(12)21(16)19-10)20(13)17(22)15-3-2-6-23-15/h7,9,11,13,15H,2-6,8H2,1H3/t11-,13+,15-/m0/s1. The molecule has 2 aromatic rings. The average Bonchev–Trinajstić information content (AvgIpc) is 3.25. The Morgan fingerprint density at radius 3 is 3.09 bits per heavy atom. The molecule has 3 aliphatic heterocycles. The summed E-state index contributed by atoms with van der Waals surface area (Å²) in [6.07, 6.45) is 6.51. The number of nitrogens with zero attached hydrogens (tertiary/aromatic N) is 4. The van der Waals surface area contributed by atoms with Gasteiger partial charge in [0.1, 0.15) is 6.10 Å². The third-order valence-electron chi connectivity index (χ3n) is 5.49. The number of rotatable bonds is 1. The van der Waals surface area contributed by atoms with Crippen LogP contribution in [-0.2, 0) is 16.0 Å². The van der Waals surface area contributed by atoms with Gasteiger partial charge in [-0.05, 0) is 32.6 Å². The van der Waals surface area contributed by atoms with Crippen LogP contribution in [0, 0.1) is 6.92 Å². The van der Waals surface area contributed by atoms with Gasteiger partial charge in [0.05, 0.1) is 17.4 Å². The van der Waals surface area contributed by atoms with Crippen LogP contribution in [0.25, 0.3) is 5.65 Å². The molecule has 0 aliphatic carbocycles. The number of amides is 1. The van der Waals surface area contributed by atoms with Gasteiger partial charge in [-0.25, -0.2) is 9.50 Å². The maximum atomic E-state index is 12.9. The lowest BCUT2D eigenvalue weighted by Gasteiger charge is -2.37. The molecule has 0 aromatic carbocycles. The van der Waals surface area contributed by atoms with E-state index in [0.29, 0.717) is 6.61 Å². The number of aryl methyl sites for hydroxylation is 1. The molecule has 23 heavy (non-hydrogen) atoms. The first-order valence-corrected chi connectivity index (χ1v) is 8.50. The molecular weight excluding hydrogens is 292 g/mol. The second-order valence-electron chi connectivity index (χ2n) is 6.91. The molecule has 1 amide bonds. The Bertz CT molecular complexity index is 793. The minimum Gasteiger partial charge on any atom is -0.368 e. The number of hydrogen-bond donors (Lipinski definition) is 0. The van der Waals surface area contributed by atoms with Crippen molar-refractivity contribution in [3.8, 4) is 0 Å². The number of fused-ring (bicyclic) bond motifs is 6. The van der Waals surface area contributed by atoms with Crippen LogP contribution in [0.4, 0.5) is 0 Å². The molecule has 2 saturated heterocycles. The molecule has 2 bridgehead atoms. The maximum Gasteiger partial charge on any atom is 0.252 e. The summed E-state index contributed by atoms with van der Waals surface area (Å²) in [7, 11) is 0.